The molecule has 0 fully saturated rings. The molecule has 0 saturated heterocycles. The van der Waals surface area contributed by atoms with Gasteiger partial charge >= 0.3 is 0 Å². The predicted octanol–water partition coefficient (Wildman–Crippen LogP) is 3.84. The lowest BCUT2D eigenvalue weighted by Gasteiger charge is -2.21. The van der Waals surface area contributed by atoms with Gasteiger partial charge in [0.1, 0.15) is 17.4 Å². The molecule has 0 aliphatic carbocycles. The van der Waals surface area contributed by atoms with Crippen LogP contribution in [0.3, 0.4) is 0 Å². The summed E-state index contributed by atoms with van der Waals surface area (Å²) >= 11 is 0. The lowest BCUT2D eigenvalue weighted by Crippen LogP contribution is -2.32. The Balaban J connectivity index is 2.25. The SMILES string of the molecule is CCC1(C)OC(c2cccc3ccccc23)=C(C#N)C1=O. The molecule has 0 N–H and O–H groups in total. The van der Waals surface area contributed by atoms with Crippen LogP contribution in [0.1, 0.15) is 25.8 Å². The van der Waals surface area contributed by atoms with Crippen molar-refractivity contribution in [2.75, 3.05) is 0 Å². The van der Waals surface area contributed by atoms with Crippen molar-refractivity contribution in [3.63, 3.8) is 0 Å². The normalized spacial score (nSPS) is 21.5. The third-order valence-corrected chi connectivity index (χ3v) is 4.08. The first-order valence-electron chi connectivity index (χ1n) is 6.97. The van der Waals surface area contributed by atoms with Crippen LogP contribution in [0, 0.1) is 11.3 Å². The van der Waals surface area contributed by atoms with Crippen LogP contribution < -0.4 is 0 Å². The number of carbonyl (C=O) groups is 1. The summed E-state index contributed by atoms with van der Waals surface area (Å²) in [6, 6.07) is 15.7. The van der Waals surface area contributed by atoms with Crippen LogP contribution in [-0.4, -0.2) is 11.4 Å². The molecular formula is C18H15NO2. The number of benzene rings is 2. The van der Waals surface area contributed by atoms with E-state index in [1.165, 1.54) is 0 Å². The summed E-state index contributed by atoms with van der Waals surface area (Å²) in [6.45, 7) is 3.63. The van der Waals surface area contributed by atoms with Gasteiger partial charge in [0.05, 0.1) is 0 Å². The van der Waals surface area contributed by atoms with Crippen LogP contribution in [0.5, 0.6) is 0 Å². The second-order valence-electron chi connectivity index (χ2n) is 5.36. The number of ether oxygens (including phenoxy) is 1. The molecule has 1 heterocycles. The average Bonchev–Trinajstić information content (AvgIpc) is 2.78. The summed E-state index contributed by atoms with van der Waals surface area (Å²) in [5.41, 5.74) is -0.0111. The molecule has 3 nitrogen and oxygen atoms in total. The van der Waals surface area contributed by atoms with E-state index < -0.39 is 5.60 Å². The van der Waals surface area contributed by atoms with Gasteiger partial charge in [0, 0.05) is 5.56 Å². The number of hydrogen-bond donors (Lipinski definition) is 0. The molecule has 0 bridgehead atoms. The van der Waals surface area contributed by atoms with E-state index in [4.69, 9.17) is 4.74 Å². The van der Waals surface area contributed by atoms with Crippen molar-refractivity contribution in [1.82, 2.24) is 0 Å². The minimum absolute atomic E-state index is 0.121. The Morgan fingerprint density at radius 1 is 1.19 bits per heavy atom. The van der Waals surface area contributed by atoms with Crippen molar-refractivity contribution in [2.45, 2.75) is 25.9 Å². The van der Waals surface area contributed by atoms with E-state index in [9.17, 15) is 10.1 Å². The number of nitriles is 1. The Kier molecular flexibility index (Phi) is 3.03. The maximum atomic E-state index is 12.4. The van der Waals surface area contributed by atoms with E-state index in [2.05, 4.69) is 0 Å². The van der Waals surface area contributed by atoms with E-state index in [-0.39, 0.29) is 11.4 Å². The molecule has 21 heavy (non-hydrogen) atoms. The minimum Gasteiger partial charge on any atom is -0.477 e. The smallest absolute Gasteiger partial charge is 0.220 e. The topological polar surface area (TPSA) is 50.1 Å². The highest BCUT2D eigenvalue weighted by molar-refractivity contribution is 6.14. The number of ketones is 1. The van der Waals surface area contributed by atoms with E-state index in [1.54, 1.807) is 6.92 Å². The predicted molar refractivity (Wildman–Crippen MR) is 81.3 cm³/mol. The van der Waals surface area contributed by atoms with Gasteiger partial charge in [0.2, 0.25) is 5.78 Å². The fourth-order valence-electron chi connectivity index (χ4n) is 2.64. The van der Waals surface area contributed by atoms with E-state index in [0.29, 0.717) is 12.2 Å². The summed E-state index contributed by atoms with van der Waals surface area (Å²) in [5, 5.41) is 11.4. The van der Waals surface area contributed by atoms with Crippen LogP contribution in [0.4, 0.5) is 0 Å². The average molecular weight is 277 g/mol. The van der Waals surface area contributed by atoms with Gasteiger partial charge in [-0.2, -0.15) is 5.26 Å². The number of nitrogens with zero attached hydrogens (tertiary/aromatic N) is 1. The highest BCUT2D eigenvalue weighted by Crippen LogP contribution is 2.40. The number of fused-ring (bicyclic) bond motifs is 1. The minimum atomic E-state index is -0.933. The Bertz CT molecular complexity index is 808. The van der Waals surface area contributed by atoms with Crippen molar-refractivity contribution in [3.8, 4) is 6.07 Å². The molecule has 2 aromatic rings. The van der Waals surface area contributed by atoms with Crippen LogP contribution in [-0.2, 0) is 9.53 Å². The summed E-state index contributed by atoms with van der Waals surface area (Å²) in [5.74, 6) is 0.180. The Labute approximate surface area is 123 Å². The summed E-state index contributed by atoms with van der Waals surface area (Å²) in [4.78, 5) is 12.4. The lowest BCUT2D eigenvalue weighted by molar-refractivity contribution is -0.127. The zero-order valence-corrected chi connectivity index (χ0v) is 12.0. The molecule has 3 heteroatoms. The molecule has 0 radical (unpaired) electrons. The second-order valence-corrected chi connectivity index (χ2v) is 5.36. The number of Topliss-reactive ketones (excluding diaryl/α,β-unsaturated/α-hetero) is 1. The first kappa shape index (κ1) is 13.4. The number of carbonyl (C=O) groups excluding carboxylic acids is 1. The highest BCUT2D eigenvalue weighted by Gasteiger charge is 2.45. The molecule has 1 aliphatic rings. The van der Waals surface area contributed by atoms with Gasteiger partial charge in [-0.15, -0.1) is 0 Å². The van der Waals surface area contributed by atoms with Crippen molar-refractivity contribution in [1.29, 1.82) is 5.26 Å². The van der Waals surface area contributed by atoms with Gasteiger partial charge in [-0.05, 0) is 24.1 Å². The largest absolute Gasteiger partial charge is 0.477 e. The summed E-state index contributed by atoms with van der Waals surface area (Å²) < 4.78 is 5.92. The van der Waals surface area contributed by atoms with Crippen LogP contribution in [0.2, 0.25) is 0 Å². The van der Waals surface area contributed by atoms with Gasteiger partial charge in [-0.1, -0.05) is 49.4 Å². The van der Waals surface area contributed by atoms with Gasteiger partial charge in [0.15, 0.2) is 5.60 Å². The Morgan fingerprint density at radius 3 is 2.62 bits per heavy atom. The molecule has 1 aliphatic heterocycles. The fourth-order valence-corrected chi connectivity index (χ4v) is 2.64. The molecule has 3 rings (SSSR count). The van der Waals surface area contributed by atoms with Gasteiger partial charge < -0.3 is 4.74 Å². The quantitative estimate of drug-likeness (QED) is 0.838. The maximum absolute atomic E-state index is 12.4. The van der Waals surface area contributed by atoms with Gasteiger partial charge in [-0.25, -0.2) is 0 Å². The number of hydrogen-bond acceptors (Lipinski definition) is 3. The van der Waals surface area contributed by atoms with Crippen LogP contribution in [0.15, 0.2) is 48.0 Å². The summed E-state index contributed by atoms with van der Waals surface area (Å²) in [7, 11) is 0. The zero-order valence-electron chi connectivity index (χ0n) is 12.0. The van der Waals surface area contributed by atoms with Crippen LogP contribution in [0.25, 0.3) is 16.5 Å². The van der Waals surface area contributed by atoms with E-state index in [0.717, 1.165) is 16.3 Å². The van der Waals surface area contributed by atoms with Gasteiger partial charge in [-0.3, -0.25) is 4.79 Å². The summed E-state index contributed by atoms with van der Waals surface area (Å²) in [6.07, 6.45) is 0.533. The first-order valence-corrected chi connectivity index (χ1v) is 6.97. The molecule has 0 aromatic heterocycles. The fraction of sp³-hybridized carbons (Fsp3) is 0.222. The van der Waals surface area contributed by atoms with Crippen LogP contribution >= 0.6 is 0 Å². The molecule has 1 unspecified atom stereocenters. The van der Waals surface area contributed by atoms with Crippen molar-refractivity contribution in [3.05, 3.63) is 53.6 Å². The maximum Gasteiger partial charge on any atom is 0.220 e. The standard InChI is InChI=1S/C18H15NO2/c1-3-18(2)17(20)15(11-19)16(21-18)14-10-6-8-12-7-4-5-9-13(12)14/h4-10H,3H2,1-2H3. The van der Waals surface area contributed by atoms with E-state index in [1.807, 2.05) is 55.5 Å². The van der Waals surface area contributed by atoms with Gasteiger partial charge in [0.25, 0.3) is 0 Å². The molecule has 2 aromatic carbocycles. The molecular weight excluding hydrogens is 262 g/mol. The van der Waals surface area contributed by atoms with Crippen molar-refractivity contribution in [2.24, 2.45) is 0 Å². The molecule has 0 spiro atoms. The number of rotatable bonds is 2. The Morgan fingerprint density at radius 2 is 1.90 bits per heavy atom. The second kappa shape index (κ2) is 4.75. The Hall–Kier alpha value is -2.60. The molecule has 1 atom stereocenters. The highest BCUT2D eigenvalue weighted by atomic mass is 16.5. The third kappa shape index (κ3) is 1.92. The first-order chi connectivity index (χ1) is 10.1. The molecule has 104 valence electrons. The third-order valence-electron chi connectivity index (χ3n) is 4.08. The molecule has 0 saturated carbocycles. The monoisotopic (exact) mass is 277 g/mol. The van der Waals surface area contributed by atoms with E-state index >= 15 is 0 Å². The lowest BCUT2D eigenvalue weighted by atomic mass is 9.94. The zero-order chi connectivity index (χ0) is 15.0. The molecule has 0 amide bonds. The van der Waals surface area contributed by atoms with Crippen molar-refractivity contribution >= 4 is 22.3 Å². The van der Waals surface area contributed by atoms with Crippen molar-refractivity contribution < 1.29 is 9.53 Å².